The van der Waals surface area contributed by atoms with Crippen molar-refractivity contribution in [2.75, 3.05) is 13.1 Å². The number of nitrogens with zero attached hydrogens (tertiary/aromatic N) is 4. The van der Waals surface area contributed by atoms with Crippen LogP contribution in [0.15, 0.2) is 24.5 Å². The lowest BCUT2D eigenvalue weighted by atomic mass is 10.1. The molecule has 1 aromatic carbocycles. The lowest BCUT2D eigenvalue weighted by molar-refractivity contribution is -0.123. The Kier molecular flexibility index (Phi) is 5.40. The van der Waals surface area contributed by atoms with E-state index in [-0.39, 0.29) is 17.7 Å². The Hall–Kier alpha value is -2.77. The molecule has 1 aromatic heterocycles. The second-order valence-corrected chi connectivity index (χ2v) is 5.46. The lowest BCUT2D eigenvalue weighted by Crippen LogP contribution is -2.36. The Labute approximate surface area is 134 Å². The molecule has 1 heterocycles. The molecule has 0 saturated heterocycles. The Bertz CT molecular complexity index is 681. The van der Waals surface area contributed by atoms with E-state index >= 15 is 0 Å². The normalized spacial score (nSPS) is 10.6. The van der Waals surface area contributed by atoms with Crippen LogP contribution < -0.4 is 10.6 Å². The van der Waals surface area contributed by atoms with E-state index < -0.39 is 0 Å². The first-order valence-corrected chi connectivity index (χ1v) is 7.39. The second kappa shape index (κ2) is 7.48. The molecule has 2 rings (SSSR count). The molecule has 122 valence electrons. The van der Waals surface area contributed by atoms with Crippen LogP contribution in [0.3, 0.4) is 0 Å². The highest BCUT2D eigenvalue weighted by Crippen LogP contribution is 2.14. The van der Waals surface area contributed by atoms with Crippen LogP contribution in [0.25, 0.3) is 5.69 Å². The fourth-order valence-electron chi connectivity index (χ4n) is 1.99. The third-order valence-electron chi connectivity index (χ3n) is 3.29. The molecule has 0 atom stereocenters. The highest BCUT2D eigenvalue weighted by molar-refractivity contribution is 5.94. The number of amides is 2. The van der Waals surface area contributed by atoms with Gasteiger partial charge in [0.05, 0.1) is 5.69 Å². The molecule has 2 aromatic rings. The largest absolute Gasteiger partial charge is 0.354 e. The van der Waals surface area contributed by atoms with Gasteiger partial charge in [0, 0.05) is 24.6 Å². The summed E-state index contributed by atoms with van der Waals surface area (Å²) in [6, 6.07) is 5.28. The van der Waals surface area contributed by atoms with E-state index in [0.29, 0.717) is 18.7 Å². The van der Waals surface area contributed by atoms with Crippen molar-refractivity contribution in [3.05, 3.63) is 35.7 Å². The number of nitrogens with one attached hydrogen (secondary N) is 2. The average molecular weight is 316 g/mol. The number of tetrazole rings is 1. The van der Waals surface area contributed by atoms with Gasteiger partial charge in [-0.1, -0.05) is 13.8 Å². The number of carbonyl (C=O) groups is 2. The van der Waals surface area contributed by atoms with Gasteiger partial charge in [0.25, 0.3) is 5.91 Å². The summed E-state index contributed by atoms with van der Waals surface area (Å²) in [7, 11) is 0. The molecule has 0 saturated carbocycles. The number of hydrogen-bond acceptors (Lipinski definition) is 5. The molecule has 0 spiro atoms. The Morgan fingerprint density at radius 3 is 2.57 bits per heavy atom. The smallest absolute Gasteiger partial charge is 0.251 e. The predicted octanol–water partition coefficient (Wildman–Crippen LogP) is 0.473. The van der Waals surface area contributed by atoms with Gasteiger partial charge in [-0.3, -0.25) is 9.59 Å². The van der Waals surface area contributed by atoms with E-state index in [1.807, 2.05) is 20.8 Å². The first-order chi connectivity index (χ1) is 11.0. The maximum absolute atomic E-state index is 12.1. The zero-order valence-corrected chi connectivity index (χ0v) is 13.4. The molecular formula is C15H20N6O2. The third-order valence-corrected chi connectivity index (χ3v) is 3.29. The zero-order chi connectivity index (χ0) is 16.8. The van der Waals surface area contributed by atoms with Crippen molar-refractivity contribution in [2.24, 2.45) is 5.92 Å². The lowest BCUT2D eigenvalue weighted by Gasteiger charge is -2.10. The van der Waals surface area contributed by atoms with Gasteiger partial charge in [0.2, 0.25) is 5.91 Å². The monoisotopic (exact) mass is 316 g/mol. The number of rotatable bonds is 6. The van der Waals surface area contributed by atoms with E-state index in [1.54, 1.807) is 22.9 Å². The molecule has 2 amide bonds. The van der Waals surface area contributed by atoms with E-state index in [4.69, 9.17) is 0 Å². The van der Waals surface area contributed by atoms with Crippen LogP contribution in [0, 0.1) is 12.8 Å². The number of carbonyl (C=O) groups excluding carboxylic acids is 2. The van der Waals surface area contributed by atoms with Gasteiger partial charge in [0.1, 0.15) is 6.33 Å². The number of aryl methyl sites for hydroxylation is 1. The summed E-state index contributed by atoms with van der Waals surface area (Å²) in [5, 5.41) is 16.5. The topological polar surface area (TPSA) is 102 Å². The van der Waals surface area contributed by atoms with Crippen LogP contribution in [0.1, 0.15) is 29.8 Å². The maximum Gasteiger partial charge on any atom is 0.251 e. The third kappa shape index (κ3) is 4.35. The minimum atomic E-state index is -0.185. The summed E-state index contributed by atoms with van der Waals surface area (Å²) in [4.78, 5) is 23.5. The Morgan fingerprint density at radius 2 is 1.96 bits per heavy atom. The molecule has 8 nitrogen and oxygen atoms in total. The molecule has 0 radical (unpaired) electrons. The van der Waals surface area contributed by atoms with Gasteiger partial charge in [-0.15, -0.1) is 5.10 Å². The van der Waals surface area contributed by atoms with Gasteiger partial charge < -0.3 is 10.6 Å². The summed E-state index contributed by atoms with van der Waals surface area (Å²) in [6.07, 6.45) is 1.50. The summed E-state index contributed by atoms with van der Waals surface area (Å²) >= 11 is 0. The first-order valence-electron chi connectivity index (χ1n) is 7.39. The van der Waals surface area contributed by atoms with E-state index in [9.17, 15) is 9.59 Å². The van der Waals surface area contributed by atoms with Gasteiger partial charge >= 0.3 is 0 Å². The van der Waals surface area contributed by atoms with Crippen molar-refractivity contribution >= 4 is 11.8 Å². The maximum atomic E-state index is 12.1. The first kappa shape index (κ1) is 16.6. The van der Waals surface area contributed by atoms with Gasteiger partial charge in [-0.2, -0.15) is 0 Å². The number of aromatic nitrogens is 4. The zero-order valence-electron chi connectivity index (χ0n) is 13.4. The molecule has 8 heteroatoms. The van der Waals surface area contributed by atoms with E-state index in [0.717, 1.165) is 11.3 Å². The fourth-order valence-corrected chi connectivity index (χ4v) is 1.99. The standard InChI is InChI=1S/C15H20N6O2/c1-10(2)14(22)16-6-7-17-15(23)12-4-5-13(11(3)8-12)21-9-18-19-20-21/h4-5,8-10H,6-7H2,1-3H3,(H,16,22)(H,17,23). The molecular weight excluding hydrogens is 296 g/mol. The summed E-state index contributed by atoms with van der Waals surface area (Å²) < 4.78 is 1.54. The molecule has 23 heavy (non-hydrogen) atoms. The highest BCUT2D eigenvalue weighted by Gasteiger charge is 2.10. The molecule has 0 aliphatic carbocycles. The average Bonchev–Trinajstić information content (AvgIpc) is 3.04. The van der Waals surface area contributed by atoms with Gasteiger partial charge in [-0.05, 0) is 41.1 Å². The Morgan fingerprint density at radius 1 is 1.22 bits per heavy atom. The van der Waals surface area contributed by atoms with E-state index in [1.165, 1.54) is 6.33 Å². The minimum Gasteiger partial charge on any atom is -0.354 e. The molecule has 0 aliphatic heterocycles. The fraction of sp³-hybridized carbons (Fsp3) is 0.400. The van der Waals surface area contributed by atoms with Crippen LogP contribution in [0.4, 0.5) is 0 Å². The van der Waals surface area contributed by atoms with Gasteiger partial charge in [0.15, 0.2) is 0 Å². The van der Waals surface area contributed by atoms with E-state index in [2.05, 4.69) is 26.2 Å². The van der Waals surface area contributed by atoms with Crippen LogP contribution in [0.2, 0.25) is 0 Å². The van der Waals surface area contributed by atoms with Crippen molar-refractivity contribution < 1.29 is 9.59 Å². The summed E-state index contributed by atoms with van der Waals surface area (Å²) in [5.41, 5.74) is 2.25. The van der Waals surface area contributed by atoms with Crippen molar-refractivity contribution in [1.29, 1.82) is 0 Å². The predicted molar refractivity (Wildman–Crippen MR) is 84.1 cm³/mol. The quantitative estimate of drug-likeness (QED) is 0.754. The van der Waals surface area contributed by atoms with Crippen LogP contribution >= 0.6 is 0 Å². The molecule has 0 aliphatic rings. The van der Waals surface area contributed by atoms with Crippen LogP contribution in [0.5, 0.6) is 0 Å². The van der Waals surface area contributed by atoms with Crippen molar-refractivity contribution in [3.8, 4) is 5.69 Å². The second-order valence-electron chi connectivity index (χ2n) is 5.46. The van der Waals surface area contributed by atoms with Crippen molar-refractivity contribution in [2.45, 2.75) is 20.8 Å². The van der Waals surface area contributed by atoms with Crippen molar-refractivity contribution in [3.63, 3.8) is 0 Å². The van der Waals surface area contributed by atoms with Crippen molar-refractivity contribution in [1.82, 2.24) is 30.8 Å². The Balaban J connectivity index is 1.90. The summed E-state index contributed by atoms with van der Waals surface area (Å²) in [6.45, 7) is 6.32. The van der Waals surface area contributed by atoms with Crippen LogP contribution in [-0.4, -0.2) is 45.1 Å². The number of hydrogen-bond donors (Lipinski definition) is 2. The SMILES string of the molecule is Cc1cc(C(=O)NCCNC(=O)C(C)C)ccc1-n1cnnn1. The minimum absolute atomic E-state index is 0.0270. The molecule has 0 bridgehead atoms. The highest BCUT2D eigenvalue weighted by atomic mass is 16.2. The molecule has 0 unspecified atom stereocenters. The molecule has 0 fully saturated rings. The van der Waals surface area contributed by atoms with Crippen LogP contribution in [-0.2, 0) is 4.79 Å². The number of benzene rings is 1. The molecule has 2 N–H and O–H groups in total. The summed E-state index contributed by atoms with van der Waals surface area (Å²) in [5.74, 6) is -0.275. The van der Waals surface area contributed by atoms with Gasteiger partial charge in [-0.25, -0.2) is 4.68 Å².